The molecule has 1 rings (SSSR count). The highest BCUT2D eigenvalue weighted by molar-refractivity contribution is 5.77. The van der Waals surface area contributed by atoms with Crippen LogP contribution in [0.3, 0.4) is 0 Å². The van der Waals surface area contributed by atoms with Gasteiger partial charge in [0.25, 0.3) is 0 Å². The number of carbonyl (C=O) groups excluding carboxylic acids is 1. The van der Waals surface area contributed by atoms with Gasteiger partial charge in [-0.1, -0.05) is 6.08 Å². The van der Waals surface area contributed by atoms with Gasteiger partial charge in [-0.25, -0.2) is 0 Å². The van der Waals surface area contributed by atoms with Crippen molar-refractivity contribution < 1.29 is 4.79 Å². The summed E-state index contributed by atoms with van der Waals surface area (Å²) in [5.41, 5.74) is 0. The Morgan fingerprint density at radius 3 is 3.38 bits per heavy atom. The maximum atomic E-state index is 10.5. The van der Waals surface area contributed by atoms with Crippen LogP contribution in [0.5, 0.6) is 0 Å². The summed E-state index contributed by atoms with van der Waals surface area (Å²) in [5.74, 6) is 0.0752. The average Bonchev–Trinajstić information content (AvgIpc) is 1.94. The fourth-order valence-corrected chi connectivity index (χ4v) is 0.530. The molecule has 1 aliphatic heterocycles. The molecule has 1 heterocycles. The third kappa shape index (κ3) is 1.26. The molecule has 2 N–H and O–H groups in total. The van der Waals surface area contributed by atoms with Crippen molar-refractivity contribution >= 4 is 5.91 Å². The fourth-order valence-electron chi connectivity index (χ4n) is 0.530. The summed E-state index contributed by atoms with van der Waals surface area (Å²) in [6.07, 6.45) is 4.06. The van der Waals surface area contributed by atoms with Crippen molar-refractivity contribution in [3.8, 4) is 0 Å². The molecular weight excluding hydrogens is 104 g/mol. The minimum absolute atomic E-state index is 0.0752. The molecule has 0 aromatic carbocycles. The summed E-state index contributed by atoms with van der Waals surface area (Å²) in [5, 5.41) is 5.50. The molecule has 0 saturated heterocycles. The Hall–Kier alpha value is -0.990. The van der Waals surface area contributed by atoms with Gasteiger partial charge in [-0.2, -0.15) is 0 Å². The summed E-state index contributed by atoms with van der Waals surface area (Å²) in [6, 6.07) is 0. The number of carbonyl (C=O) groups is 1. The van der Waals surface area contributed by atoms with E-state index in [1.54, 1.807) is 12.3 Å². The van der Waals surface area contributed by atoms with Gasteiger partial charge in [-0.05, 0) is 6.20 Å². The van der Waals surface area contributed by atoms with Gasteiger partial charge in [0.15, 0.2) is 0 Å². The second-order valence-corrected chi connectivity index (χ2v) is 1.59. The molecule has 0 aliphatic carbocycles. The third-order valence-electron chi connectivity index (χ3n) is 0.927. The lowest BCUT2D eigenvalue weighted by molar-refractivity contribution is -0.120. The van der Waals surface area contributed by atoms with Crippen LogP contribution in [0.2, 0.25) is 0 Å². The highest BCUT2D eigenvalue weighted by Crippen LogP contribution is 1.83. The van der Waals surface area contributed by atoms with Gasteiger partial charge in [0.05, 0.1) is 6.67 Å². The first-order valence-corrected chi connectivity index (χ1v) is 2.55. The van der Waals surface area contributed by atoms with Crippen LogP contribution in [0.25, 0.3) is 0 Å². The lowest BCUT2D eigenvalue weighted by Crippen LogP contribution is -2.28. The Morgan fingerprint density at radius 1 is 1.62 bits per heavy atom. The Balaban J connectivity index is 2.41. The first-order chi connectivity index (χ1) is 3.89. The van der Waals surface area contributed by atoms with E-state index in [1.807, 2.05) is 0 Å². The molecule has 1 aliphatic rings. The van der Waals surface area contributed by atoms with E-state index in [-0.39, 0.29) is 5.91 Å². The second kappa shape index (κ2) is 2.35. The highest BCUT2D eigenvalue weighted by atomic mass is 16.1. The van der Waals surface area contributed by atoms with Crippen LogP contribution in [0.15, 0.2) is 12.3 Å². The van der Waals surface area contributed by atoms with Crippen molar-refractivity contribution in [1.82, 2.24) is 10.6 Å². The molecule has 0 saturated carbocycles. The molecule has 1 amide bonds. The second-order valence-electron chi connectivity index (χ2n) is 1.59. The summed E-state index contributed by atoms with van der Waals surface area (Å²) >= 11 is 0. The van der Waals surface area contributed by atoms with Gasteiger partial charge in [-0.3, -0.25) is 4.79 Å². The third-order valence-corrected chi connectivity index (χ3v) is 0.927. The van der Waals surface area contributed by atoms with E-state index in [0.29, 0.717) is 13.1 Å². The molecular formula is C5H8N2O. The van der Waals surface area contributed by atoms with Crippen LogP contribution in [-0.2, 0) is 4.79 Å². The topological polar surface area (TPSA) is 41.1 Å². The van der Waals surface area contributed by atoms with Crippen molar-refractivity contribution in [2.75, 3.05) is 6.67 Å². The number of hydrogen-bond donors (Lipinski definition) is 2. The maximum absolute atomic E-state index is 10.5. The Morgan fingerprint density at radius 2 is 2.50 bits per heavy atom. The lowest BCUT2D eigenvalue weighted by atomic mass is 10.4. The van der Waals surface area contributed by atoms with E-state index < -0.39 is 0 Å². The predicted octanol–water partition coefficient (Wildman–Crippen LogP) is -0.433. The first-order valence-electron chi connectivity index (χ1n) is 2.55. The summed E-state index contributed by atoms with van der Waals surface area (Å²) in [6.45, 7) is 0.551. The van der Waals surface area contributed by atoms with E-state index in [2.05, 4.69) is 10.6 Å². The SMILES string of the molecule is O=C1CC=CNCN1. The molecule has 0 atom stereocenters. The molecule has 3 nitrogen and oxygen atoms in total. The molecule has 44 valence electrons. The molecule has 0 unspecified atom stereocenters. The predicted molar refractivity (Wildman–Crippen MR) is 29.9 cm³/mol. The van der Waals surface area contributed by atoms with Crippen LogP contribution in [0.4, 0.5) is 0 Å². The monoisotopic (exact) mass is 112 g/mol. The van der Waals surface area contributed by atoms with E-state index in [4.69, 9.17) is 0 Å². The number of amides is 1. The summed E-state index contributed by atoms with van der Waals surface area (Å²) < 4.78 is 0. The van der Waals surface area contributed by atoms with Gasteiger partial charge in [0.2, 0.25) is 5.91 Å². The van der Waals surface area contributed by atoms with E-state index in [9.17, 15) is 4.79 Å². The molecule has 8 heavy (non-hydrogen) atoms. The van der Waals surface area contributed by atoms with Crippen LogP contribution in [0.1, 0.15) is 6.42 Å². The van der Waals surface area contributed by atoms with Gasteiger partial charge in [-0.15, -0.1) is 0 Å². The lowest BCUT2D eigenvalue weighted by Gasteiger charge is -1.96. The van der Waals surface area contributed by atoms with Crippen LogP contribution < -0.4 is 10.6 Å². The zero-order valence-electron chi connectivity index (χ0n) is 4.48. The Labute approximate surface area is 47.8 Å². The maximum Gasteiger partial charge on any atom is 0.225 e. The molecule has 0 fully saturated rings. The van der Waals surface area contributed by atoms with E-state index >= 15 is 0 Å². The quantitative estimate of drug-likeness (QED) is 0.446. The summed E-state index contributed by atoms with van der Waals surface area (Å²) in [4.78, 5) is 10.5. The smallest absolute Gasteiger partial charge is 0.225 e. The molecule has 0 spiro atoms. The largest absolute Gasteiger partial charge is 0.374 e. The molecule has 3 heteroatoms. The standard InChI is InChI=1S/C5H8N2O/c8-5-2-1-3-6-4-7-5/h1,3,6H,2,4H2,(H,7,8). The van der Waals surface area contributed by atoms with Gasteiger partial charge in [0, 0.05) is 6.42 Å². The molecule has 0 aromatic heterocycles. The van der Waals surface area contributed by atoms with Crippen LogP contribution in [0, 0.1) is 0 Å². The molecule has 0 bridgehead atoms. The fraction of sp³-hybridized carbons (Fsp3) is 0.400. The van der Waals surface area contributed by atoms with Gasteiger partial charge < -0.3 is 10.6 Å². The first kappa shape index (κ1) is 5.15. The van der Waals surface area contributed by atoms with Crippen molar-refractivity contribution in [2.45, 2.75) is 6.42 Å². The van der Waals surface area contributed by atoms with Crippen LogP contribution >= 0.6 is 0 Å². The highest BCUT2D eigenvalue weighted by Gasteiger charge is 1.96. The van der Waals surface area contributed by atoms with Crippen molar-refractivity contribution in [3.05, 3.63) is 12.3 Å². The minimum atomic E-state index is 0.0752. The zero-order chi connectivity index (χ0) is 5.82. The summed E-state index contributed by atoms with van der Waals surface area (Å²) in [7, 11) is 0. The zero-order valence-corrected chi connectivity index (χ0v) is 4.48. The normalized spacial score (nSPS) is 18.8. The molecule has 0 aromatic rings. The van der Waals surface area contributed by atoms with Crippen LogP contribution in [-0.4, -0.2) is 12.6 Å². The molecule has 0 radical (unpaired) electrons. The minimum Gasteiger partial charge on any atom is -0.374 e. The Kier molecular flexibility index (Phi) is 1.51. The Bertz CT molecular complexity index is 120. The van der Waals surface area contributed by atoms with Gasteiger partial charge >= 0.3 is 0 Å². The average molecular weight is 112 g/mol. The number of hydrogen-bond acceptors (Lipinski definition) is 2. The van der Waals surface area contributed by atoms with Crippen molar-refractivity contribution in [1.29, 1.82) is 0 Å². The van der Waals surface area contributed by atoms with E-state index in [0.717, 1.165) is 0 Å². The van der Waals surface area contributed by atoms with Crippen molar-refractivity contribution in [2.24, 2.45) is 0 Å². The number of rotatable bonds is 0. The van der Waals surface area contributed by atoms with E-state index in [1.165, 1.54) is 0 Å². The van der Waals surface area contributed by atoms with Crippen molar-refractivity contribution in [3.63, 3.8) is 0 Å². The van der Waals surface area contributed by atoms with Gasteiger partial charge in [0.1, 0.15) is 0 Å². The number of nitrogens with one attached hydrogen (secondary N) is 2.